The van der Waals surface area contributed by atoms with Crippen molar-refractivity contribution in [2.75, 3.05) is 5.32 Å². The van der Waals surface area contributed by atoms with E-state index in [1.165, 1.54) is 12.3 Å². The summed E-state index contributed by atoms with van der Waals surface area (Å²) in [4.78, 5) is 10.8. The lowest BCUT2D eigenvalue weighted by Crippen LogP contribution is -2.05. The second kappa shape index (κ2) is 4.09. The van der Waals surface area contributed by atoms with Gasteiger partial charge in [-0.15, -0.1) is 0 Å². The smallest absolute Gasteiger partial charge is 0.339 e. The fraction of sp³-hybridized carbons (Fsp3) is 0.200. The zero-order chi connectivity index (χ0) is 11.5. The molecule has 2 rings (SSSR count). The first-order valence-electron chi connectivity index (χ1n) is 4.70. The van der Waals surface area contributed by atoms with Gasteiger partial charge in [-0.3, -0.25) is 4.68 Å². The van der Waals surface area contributed by atoms with Crippen LogP contribution in [0.5, 0.6) is 0 Å². The Kier molecular flexibility index (Phi) is 2.63. The van der Waals surface area contributed by atoms with E-state index in [1.54, 1.807) is 24.0 Å². The van der Waals surface area contributed by atoms with E-state index >= 15 is 0 Å². The van der Waals surface area contributed by atoms with Crippen molar-refractivity contribution in [3.8, 4) is 0 Å². The summed E-state index contributed by atoms with van der Waals surface area (Å²) >= 11 is 0. The van der Waals surface area contributed by atoms with E-state index in [0.29, 0.717) is 18.1 Å². The summed E-state index contributed by atoms with van der Waals surface area (Å²) in [6.45, 7) is 0.297. The highest BCUT2D eigenvalue weighted by molar-refractivity contribution is 5.88. The molecule has 6 heteroatoms. The molecule has 0 unspecified atom stereocenters. The monoisotopic (exact) mass is 221 g/mol. The maximum Gasteiger partial charge on any atom is 0.339 e. The number of aromatic carboxylic acids is 1. The molecule has 0 radical (unpaired) electrons. The Morgan fingerprint density at radius 3 is 3.06 bits per heavy atom. The number of aromatic nitrogens is 2. The van der Waals surface area contributed by atoms with Crippen molar-refractivity contribution in [2.45, 2.75) is 6.54 Å². The third kappa shape index (κ3) is 2.05. The first kappa shape index (κ1) is 10.3. The number of aryl methyl sites for hydroxylation is 1. The van der Waals surface area contributed by atoms with Crippen molar-refractivity contribution in [3.63, 3.8) is 0 Å². The first-order chi connectivity index (χ1) is 7.66. The number of nitrogens with one attached hydrogen (secondary N) is 1. The Bertz CT molecular complexity index is 501. The maximum absolute atomic E-state index is 10.8. The van der Waals surface area contributed by atoms with Gasteiger partial charge in [-0.25, -0.2) is 4.79 Å². The topological polar surface area (TPSA) is 80.3 Å². The van der Waals surface area contributed by atoms with Gasteiger partial charge in [0, 0.05) is 19.3 Å². The number of nitrogens with zero attached hydrogens (tertiary/aromatic N) is 2. The van der Waals surface area contributed by atoms with Crippen LogP contribution < -0.4 is 5.32 Å². The molecule has 0 saturated carbocycles. The molecule has 0 aliphatic carbocycles. The van der Waals surface area contributed by atoms with Gasteiger partial charge in [-0.2, -0.15) is 5.10 Å². The lowest BCUT2D eigenvalue weighted by molar-refractivity contribution is 0.0694. The molecule has 16 heavy (non-hydrogen) atoms. The molecule has 0 atom stereocenters. The third-order valence-electron chi connectivity index (χ3n) is 2.12. The Morgan fingerprint density at radius 1 is 1.62 bits per heavy atom. The summed E-state index contributed by atoms with van der Waals surface area (Å²) in [6.07, 6.45) is 3.15. The van der Waals surface area contributed by atoms with Gasteiger partial charge in [-0.05, 0) is 6.07 Å². The Balaban J connectivity index is 2.04. The molecule has 6 nitrogen and oxygen atoms in total. The summed E-state index contributed by atoms with van der Waals surface area (Å²) in [7, 11) is 1.81. The molecular formula is C10H11N3O3. The Hall–Kier alpha value is -2.24. The van der Waals surface area contributed by atoms with Crippen LogP contribution in [0.2, 0.25) is 0 Å². The van der Waals surface area contributed by atoms with E-state index in [9.17, 15) is 4.79 Å². The molecule has 0 aromatic carbocycles. The van der Waals surface area contributed by atoms with E-state index in [0.717, 1.165) is 0 Å². The van der Waals surface area contributed by atoms with Crippen molar-refractivity contribution in [1.29, 1.82) is 0 Å². The van der Waals surface area contributed by atoms with E-state index < -0.39 is 5.97 Å². The van der Waals surface area contributed by atoms with Crippen molar-refractivity contribution >= 4 is 11.8 Å². The fourth-order valence-corrected chi connectivity index (χ4v) is 1.35. The molecule has 0 aliphatic rings. The summed E-state index contributed by atoms with van der Waals surface area (Å²) in [5, 5.41) is 15.9. The Morgan fingerprint density at radius 2 is 2.44 bits per heavy atom. The number of rotatable bonds is 4. The highest BCUT2D eigenvalue weighted by Gasteiger charge is 2.12. The largest absolute Gasteiger partial charge is 0.478 e. The normalized spacial score (nSPS) is 10.3. The predicted molar refractivity (Wildman–Crippen MR) is 56.2 cm³/mol. The molecule has 0 amide bonds. The molecule has 84 valence electrons. The summed E-state index contributed by atoms with van der Waals surface area (Å²) in [5.41, 5.74) is 0.170. The lowest BCUT2D eigenvalue weighted by atomic mass is 10.2. The molecule has 0 saturated heterocycles. The van der Waals surface area contributed by atoms with Crippen molar-refractivity contribution in [2.24, 2.45) is 7.05 Å². The van der Waals surface area contributed by atoms with Gasteiger partial charge < -0.3 is 14.8 Å². The van der Waals surface area contributed by atoms with E-state index in [4.69, 9.17) is 9.52 Å². The van der Waals surface area contributed by atoms with Crippen molar-refractivity contribution < 1.29 is 14.3 Å². The summed E-state index contributed by atoms with van der Waals surface area (Å²) in [5.74, 6) is 0.0694. The SMILES string of the molecule is Cn1ccc(NCc2occc2C(=O)O)n1. The zero-order valence-electron chi connectivity index (χ0n) is 8.67. The van der Waals surface area contributed by atoms with Gasteiger partial charge in [-0.1, -0.05) is 0 Å². The lowest BCUT2D eigenvalue weighted by Gasteiger charge is -2.00. The number of anilines is 1. The maximum atomic E-state index is 10.8. The minimum Gasteiger partial charge on any atom is -0.478 e. The number of carboxylic acid groups (broad SMARTS) is 1. The highest BCUT2D eigenvalue weighted by atomic mass is 16.4. The standard InChI is InChI=1S/C10H11N3O3/c1-13-4-2-9(12-13)11-6-8-7(10(14)15)3-5-16-8/h2-5H,6H2,1H3,(H,11,12)(H,14,15). The number of furan rings is 1. The van der Waals surface area contributed by atoms with Crippen LogP contribution in [-0.2, 0) is 13.6 Å². The molecule has 2 N–H and O–H groups in total. The van der Waals surface area contributed by atoms with Gasteiger partial charge in [0.05, 0.1) is 12.8 Å². The second-order valence-corrected chi connectivity index (χ2v) is 3.29. The zero-order valence-corrected chi connectivity index (χ0v) is 8.67. The molecule has 0 spiro atoms. The van der Waals surface area contributed by atoms with Crippen LogP contribution in [-0.4, -0.2) is 20.9 Å². The fourth-order valence-electron chi connectivity index (χ4n) is 1.35. The van der Waals surface area contributed by atoms with E-state index in [2.05, 4.69) is 10.4 Å². The van der Waals surface area contributed by atoms with Crippen LogP contribution in [0.1, 0.15) is 16.1 Å². The van der Waals surface area contributed by atoms with Crippen LogP contribution in [0, 0.1) is 0 Å². The number of carboxylic acids is 1. The third-order valence-corrected chi connectivity index (χ3v) is 2.12. The minimum absolute atomic E-state index is 0.170. The summed E-state index contributed by atoms with van der Waals surface area (Å²) < 4.78 is 6.73. The molecule has 0 fully saturated rings. The highest BCUT2D eigenvalue weighted by Crippen LogP contribution is 2.12. The quantitative estimate of drug-likeness (QED) is 0.813. The summed E-state index contributed by atoms with van der Waals surface area (Å²) in [6, 6.07) is 3.22. The Labute approximate surface area is 91.5 Å². The van der Waals surface area contributed by atoms with Gasteiger partial charge in [0.15, 0.2) is 0 Å². The van der Waals surface area contributed by atoms with Crippen molar-refractivity contribution in [3.05, 3.63) is 35.9 Å². The second-order valence-electron chi connectivity index (χ2n) is 3.29. The van der Waals surface area contributed by atoms with Crippen LogP contribution in [0.3, 0.4) is 0 Å². The number of carbonyl (C=O) groups is 1. The number of hydrogen-bond acceptors (Lipinski definition) is 4. The molecule has 0 aliphatic heterocycles. The molecule has 2 heterocycles. The van der Waals surface area contributed by atoms with Crippen molar-refractivity contribution in [1.82, 2.24) is 9.78 Å². The molecular weight excluding hydrogens is 210 g/mol. The van der Waals surface area contributed by atoms with E-state index in [1.807, 2.05) is 0 Å². The van der Waals surface area contributed by atoms with Crippen LogP contribution in [0.25, 0.3) is 0 Å². The van der Waals surface area contributed by atoms with Crippen LogP contribution in [0.15, 0.2) is 29.0 Å². The molecule has 0 bridgehead atoms. The van der Waals surface area contributed by atoms with Gasteiger partial charge >= 0.3 is 5.97 Å². The average molecular weight is 221 g/mol. The molecule has 2 aromatic heterocycles. The first-order valence-corrected chi connectivity index (χ1v) is 4.70. The van der Waals surface area contributed by atoms with Crippen LogP contribution >= 0.6 is 0 Å². The number of hydrogen-bond donors (Lipinski definition) is 2. The van der Waals surface area contributed by atoms with E-state index in [-0.39, 0.29) is 5.56 Å². The average Bonchev–Trinajstić information content (AvgIpc) is 2.83. The van der Waals surface area contributed by atoms with Gasteiger partial charge in [0.25, 0.3) is 0 Å². The van der Waals surface area contributed by atoms with Crippen LogP contribution in [0.4, 0.5) is 5.82 Å². The van der Waals surface area contributed by atoms with Gasteiger partial charge in [0.1, 0.15) is 17.1 Å². The van der Waals surface area contributed by atoms with Gasteiger partial charge in [0.2, 0.25) is 0 Å². The minimum atomic E-state index is -0.994. The molecule has 2 aromatic rings. The predicted octanol–water partition coefficient (Wildman–Crippen LogP) is 1.32.